The Kier molecular flexibility index (Phi) is 5.92. The number of nitrogens with one attached hydrogen (secondary N) is 3. The van der Waals surface area contributed by atoms with Gasteiger partial charge < -0.3 is 15.6 Å². The maximum Gasteiger partial charge on any atom is 0.416 e. The van der Waals surface area contributed by atoms with E-state index in [0.29, 0.717) is 34.9 Å². The Hall–Kier alpha value is -3.03. The van der Waals surface area contributed by atoms with Crippen molar-refractivity contribution in [2.24, 2.45) is 5.92 Å². The van der Waals surface area contributed by atoms with Crippen LogP contribution in [0.4, 0.5) is 18.9 Å². The number of nitrogens with zero attached hydrogens (tertiary/aromatic N) is 1. The van der Waals surface area contributed by atoms with Gasteiger partial charge in [0.05, 0.1) is 16.6 Å². The van der Waals surface area contributed by atoms with E-state index in [1.54, 1.807) is 0 Å². The topological polar surface area (TPSA) is 69.8 Å². The van der Waals surface area contributed by atoms with Crippen molar-refractivity contribution in [2.45, 2.75) is 82.0 Å². The predicted octanol–water partition coefficient (Wildman–Crippen LogP) is 6.56. The number of anilines is 1. The van der Waals surface area contributed by atoms with Crippen molar-refractivity contribution >= 4 is 22.6 Å². The molecule has 5 nitrogen and oxygen atoms in total. The molecule has 2 aromatic carbocycles. The van der Waals surface area contributed by atoms with Crippen molar-refractivity contribution in [3.63, 3.8) is 0 Å². The molecule has 2 aliphatic carbocycles. The number of aromatic amines is 1. The highest BCUT2D eigenvalue weighted by molar-refractivity contribution is 5.95. The highest BCUT2D eigenvalue weighted by Crippen LogP contribution is 2.38. The Balaban J connectivity index is 1.10. The first-order valence-electron chi connectivity index (χ1n) is 13.1. The normalized spacial score (nSPS) is 24.2. The minimum atomic E-state index is -4.39. The van der Waals surface area contributed by atoms with Gasteiger partial charge in [0.15, 0.2) is 0 Å². The molecule has 1 unspecified atom stereocenters. The Morgan fingerprint density at radius 2 is 1.92 bits per heavy atom. The fraction of sp³-hybridized carbons (Fsp3) is 0.500. The molecule has 2 heterocycles. The van der Waals surface area contributed by atoms with Gasteiger partial charge in [0.25, 0.3) is 5.91 Å². The van der Waals surface area contributed by atoms with Crippen molar-refractivity contribution in [1.29, 1.82) is 0 Å². The number of amides is 1. The number of halogens is 3. The molecule has 3 atom stereocenters. The molecule has 190 valence electrons. The first-order valence-corrected chi connectivity index (χ1v) is 13.1. The molecule has 3 aliphatic rings. The third-order valence-electron chi connectivity index (χ3n) is 8.03. The molecule has 0 spiro atoms. The van der Waals surface area contributed by atoms with E-state index in [2.05, 4.69) is 20.6 Å². The molecule has 3 aromatic rings. The lowest BCUT2D eigenvalue weighted by atomic mass is 9.85. The zero-order valence-electron chi connectivity index (χ0n) is 20.1. The van der Waals surface area contributed by atoms with Crippen LogP contribution in [0, 0.1) is 5.92 Å². The molecular formula is C28H31F3N4O. The number of aromatic nitrogens is 2. The maximum atomic E-state index is 13.1. The van der Waals surface area contributed by atoms with Crippen LogP contribution in [0.25, 0.3) is 11.0 Å². The molecule has 2 fully saturated rings. The summed E-state index contributed by atoms with van der Waals surface area (Å²) in [6.07, 6.45) is 5.11. The fourth-order valence-corrected chi connectivity index (χ4v) is 5.87. The third-order valence-corrected chi connectivity index (χ3v) is 8.03. The van der Waals surface area contributed by atoms with Crippen molar-refractivity contribution in [3.8, 4) is 0 Å². The van der Waals surface area contributed by atoms with Gasteiger partial charge in [-0.2, -0.15) is 13.2 Å². The summed E-state index contributed by atoms with van der Waals surface area (Å²) >= 11 is 0. The van der Waals surface area contributed by atoms with Gasteiger partial charge in [0.1, 0.15) is 5.82 Å². The number of H-pyrrole nitrogens is 1. The van der Waals surface area contributed by atoms with E-state index in [0.717, 1.165) is 55.8 Å². The number of hydrogen-bond acceptors (Lipinski definition) is 3. The van der Waals surface area contributed by atoms with E-state index in [4.69, 9.17) is 0 Å². The minimum Gasteiger partial charge on any atom is -0.382 e. The van der Waals surface area contributed by atoms with Crippen LogP contribution in [-0.2, 0) is 12.6 Å². The van der Waals surface area contributed by atoms with Gasteiger partial charge in [0.2, 0.25) is 0 Å². The number of carbonyl (C=O) groups excluding carboxylic acids is 1. The zero-order chi connectivity index (χ0) is 24.9. The van der Waals surface area contributed by atoms with Crippen molar-refractivity contribution in [2.75, 3.05) is 5.32 Å². The van der Waals surface area contributed by atoms with Crippen LogP contribution in [0.5, 0.6) is 0 Å². The standard InChI is InChI=1S/C28H31F3N4O/c29-28(30,31)20-8-11-24-25(15-20)35-26(34-24)18-2-1-3-21(14-18)33-27(36)19-7-10-23-17(13-19)6-9-22(32-23)12-16-4-5-16/h7-8,10-11,13,15-16,18,21-22,32H,1-6,9,12,14H2,(H,33,36)(H,34,35)/t18-,21+,22?/m0/s1. The molecule has 0 bridgehead atoms. The van der Waals surface area contributed by atoms with Crippen LogP contribution in [0.15, 0.2) is 36.4 Å². The van der Waals surface area contributed by atoms with E-state index in [1.807, 2.05) is 18.2 Å². The number of carbonyl (C=O) groups is 1. The lowest BCUT2D eigenvalue weighted by Crippen LogP contribution is -2.38. The van der Waals surface area contributed by atoms with Crippen LogP contribution in [-0.4, -0.2) is 28.0 Å². The average molecular weight is 497 g/mol. The van der Waals surface area contributed by atoms with Gasteiger partial charge >= 0.3 is 6.18 Å². The van der Waals surface area contributed by atoms with Crippen LogP contribution < -0.4 is 10.6 Å². The number of imidazole rings is 1. The summed E-state index contributed by atoms with van der Waals surface area (Å²) in [6.45, 7) is 0. The second kappa shape index (κ2) is 9.12. The number of hydrogen-bond donors (Lipinski definition) is 3. The fourth-order valence-electron chi connectivity index (χ4n) is 5.87. The van der Waals surface area contributed by atoms with E-state index < -0.39 is 11.7 Å². The largest absolute Gasteiger partial charge is 0.416 e. The lowest BCUT2D eigenvalue weighted by Gasteiger charge is -2.29. The van der Waals surface area contributed by atoms with Gasteiger partial charge in [-0.15, -0.1) is 0 Å². The molecule has 2 saturated carbocycles. The summed E-state index contributed by atoms with van der Waals surface area (Å²) in [5.41, 5.74) is 3.28. The number of alkyl halides is 3. The van der Waals surface area contributed by atoms with Crippen molar-refractivity contribution < 1.29 is 18.0 Å². The van der Waals surface area contributed by atoms with Gasteiger partial charge in [-0.25, -0.2) is 4.98 Å². The van der Waals surface area contributed by atoms with E-state index in [1.165, 1.54) is 30.9 Å². The van der Waals surface area contributed by atoms with Crippen LogP contribution in [0.1, 0.15) is 84.6 Å². The van der Waals surface area contributed by atoms with E-state index >= 15 is 0 Å². The SMILES string of the molecule is O=C(N[C@@H]1CCC[C@H](c2nc3cc(C(F)(F)F)ccc3[nH]2)C1)c1ccc2c(c1)CCC(CC1CC1)N2. The number of benzene rings is 2. The monoisotopic (exact) mass is 496 g/mol. The maximum absolute atomic E-state index is 13.1. The first-order chi connectivity index (χ1) is 17.3. The molecule has 6 rings (SSSR count). The molecule has 1 amide bonds. The Morgan fingerprint density at radius 3 is 2.72 bits per heavy atom. The molecule has 36 heavy (non-hydrogen) atoms. The Morgan fingerprint density at radius 1 is 1.06 bits per heavy atom. The molecular weight excluding hydrogens is 465 g/mol. The second-order valence-corrected chi connectivity index (χ2v) is 10.8. The first kappa shape index (κ1) is 23.4. The molecule has 3 N–H and O–H groups in total. The zero-order valence-corrected chi connectivity index (χ0v) is 20.1. The van der Waals surface area contributed by atoms with Crippen LogP contribution in [0.3, 0.4) is 0 Å². The van der Waals surface area contributed by atoms with E-state index in [-0.39, 0.29) is 17.9 Å². The minimum absolute atomic E-state index is 0.00674. The van der Waals surface area contributed by atoms with Gasteiger partial charge in [-0.05, 0) is 86.4 Å². The molecule has 1 aliphatic heterocycles. The lowest BCUT2D eigenvalue weighted by molar-refractivity contribution is -0.137. The van der Waals surface area contributed by atoms with Gasteiger partial charge in [-0.3, -0.25) is 4.79 Å². The van der Waals surface area contributed by atoms with Crippen molar-refractivity contribution in [3.05, 3.63) is 58.9 Å². The summed E-state index contributed by atoms with van der Waals surface area (Å²) < 4.78 is 39.2. The van der Waals surface area contributed by atoms with E-state index in [9.17, 15) is 18.0 Å². The van der Waals surface area contributed by atoms with Gasteiger partial charge in [-0.1, -0.05) is 19.3 Å². The quantitative estimate of drug-likeness (QED) is 0.374. The summed E-state index contributed by atoms with van der Waals surface area (Å²) in [6, 6.07) is 10.1. The predicted molar refractivity (Wildman–Crippen MR) is 133 cm³/mol. The molecule has 1 aromatic heterocycles. The van der Waals surface area contributed by atoms with Gasteiger partial charge in [0, 0.05) is 29.3 Å². The summed E-state index contributed by atoms with van der Waals surface area (Å²) in [5.74, 6) is 1.60. The summed E-state index contributed by atoms with van der Waals surface area (Å²) in [7, 11) is 0. The van der Waals surface area contributed by atoms with Crippen molar-refractivity contribution in [1.82, 2.24) is 15.3 Å². The summed E-state index contributed by atoms with van der Waals surface area (Å²) in [5, 5.41) is 6.86. The number of fused-ring (bicyclic) bond motifs is 2. The molecule has 0 radical (unpaired) electrons. The molecule has 8 heteroatoms. The highest BCUT2D eigenvalue weighted by atomic mass is 19.4. The third kappa shape index (κ3) is 4.95. The highest BCUT2D eigenvalue weighted by Gasteiger charge is 2.32. The molecule has 0 saturated heterocycles. The average Bonchev–Trinajstić information content (AvgIpc) is 3.57. The number of rotatable bonds is 5. The van der Waals surface area contributed by atoms with Crippen LogP contribution >= 0.6 is 0 Å². The number of aryl methyl sites for hydroxylation is 1. The van der Waals surface area contributed by atoms with Crippen LogP contribution in [0.2, 0.25) is 0 Å². The Labute approximate surface area is 208 Å². The smallest absolute Gasteiger partial charge is 0.382 e. The summed E-state index contributed by atoms with van der Waals surface area (Å²) in [4.78, 5) is 20.8. The Bertz CT molecular complexity index is 1280. The second-order valence-electron chi connectivity index (χ2n) is 10.8.